The Morgan fingerprint density at radius 2 is 1.82 bits per heavy atom. The van der Waals surface area contributed by atoms with Crippen LogP contribution in [-0.2, 0) is 9.47 Å². The summed E-state index contributed by atoms with van der Waals surface area (Å²) in [5, 5.41) is 14.1. The van der Waals surface area contributed by atoms with E-state index in [1.165, 1.54) is 0 Å². The van der Waals surface area contributed by atoms with Crippen LogP contribution >= 0.6 is 0 Å². The molecule has 2 rings (SSSR count). The molecule has 8 nitrogen and oxygen atoms in total. The largest absolute Gasteiger partial charge is 0.346 e. The van der Waals surface area contributed by atoms with Crippen LogP contribution < -0.4 is 0 Å². The van der Waals surface area contributed by atoms with E-state index in [4.69, 9.17) is 15.0 Å². The zero-order valence-electron chi connectivity index (χ0n) is 9.37. The molecule has 1 saturated heterocycles. The van der Waals surface area contributed by atoms with E-state index in [9.17, 15) is 10.1 Å². The fourth-order valence-electron chi connectivity index (χ4n) is 2.24. The molecule has 94 valence electrons. The van der Waals surface area contributed by atoms with Gasteiger partial charge in [-0.05, 0) is 23.5 Å². The SMILES string of the molecule is [N-]=[N+]=NC1([N+](=O)[O-])COC2(CCCCC2)OC1. The van der Waals surface area contributed by atoms with Crippen molar-refractivity contribution in [3.05, 3.63) is 20.6 Å². The van der Waals surface area contributed by atoms with Gasteiger partial charge in [0.1, 0.15) is 13.2 Å². The summed E-state index contributed by atoms with van der Waals surface area (Å²) < 4.78 is 11.0. The van der Waals surface area contributed by atoms with Gasteiger partial charge in [0.05, 0.1) is 0 Å². The second-order valence-corrected chi connectivity index (χ2v) is 4.48. The van der Waals surface area contributed by atoms with Gasteiger partial charge in [0, 0.05) is 22.7 Å². The molecule has 1 aliphatic carbocycles. The van der Waals surface area contributed by atoms with E-state index in [0.29, 0.717) is 0 Å². The molecule has 0 aromatic rings. The molecule has 0 aromatic carbocycles. The van der Waals surface area contributed by atoms with Crippen LogP contribution in [0.25, 0.3) is 10.4 Å². The summed E-state index contributed by atoms with van der Waals surface area (Å²) in [4.78, 5) is 12.8. The molecule has 1 aliphatic heterocycles. The normalized spacial score (nSPS) is 26.1. The Kier molecular flexibility index (Phi) is 3.19. The highest BCUT2D eigenvalue weighted by molar-refractivity contribution is 4.86. The van der Waals surface area contributed by atoms with Crippen molar-refractivity contribution in [2.45, 2.75) is 43.6 Å². The van der Waals surface area contributed by atoms with Gasteiger partial charge < -0.3 is 9.47 Å². The van der Waals surface area contributed by atoms with Crippen molar-refractivity contribution in [1.29, 1.82) is 0 Å². The molecule has 1 spiro atoms. The smallest absolute Gasteiger partial charge is 0.342 e. The number of hydrogen-bond donors (Lipinski definition) is 0. The van der Waals surface area contributed by atoms with Crippen LogP contribution in [-0.4, -0.2) is 29.6 Å². The van der Waals surface area contributed by atoms with Crippen LogP contribution in [0.3, 0.4) is 0 Å². The number of rotatable bonds is 2. The van der Waals surface area contributed by atoms with Gasteiger partial charge in [-0.25, -0.2) is 0 Å². The van der Waals surface area contributed by atoms with Gasteiger partial charge in [-0.2, -0.15) is 0 Å². The first kappa shape index (κ1) is 12.1. The topological polar surface area (TPSA) is 110 Å². The second kappa shape index (κ2) is 4.48. The summed E-state index contributed by atoms with van der Waals surface area (Å²) in [6.45, 7) is -0.436. The molecule has 0 amide bonds. The van der Waals surface area contributed by atoms with E-state index >= 15 is 0 Å². The van der Waals surface area contributed by atoms with E-state index in [2.05, 4.69) is 10.0 Å². The number of nitro groups is 1. The van der Waals surface area contributed by atoms with E-state index in [-0.39, 0.29) is 13.2 Å². The van der Waals surface area contributed by atoms with Crippen molar-refractivity contribution < 1.29 is 14.4 Å². The van der Waals surface area contributed by atoms with Gasteiger partial charge in [0.2, 0.25) is 0 Å². The van der Waals surface area contributed by atoms with Gasteiger partial charge in [-0.15, -0.1) is 0 Å². The highest BCUT2D eigenvalue weighted by atomic mass is 16.7. The minimum atomic E-state index is -1.81. The van der Waals surface area contributed by atoms with Gasteiger partial charge in [0.15, 0.2) is 5.79 Å². The summed E-state index contributed by atoms with van der Waals surface area (Å²) in [6.07, 6.45) is 4.61. The van der Waals surface area contributed by atoms with E-state index < -0.39 is 16.4 Å². The number of ether oxygens (including phenoxy) is 2. The van der Waals surface area contributed by atoms with Gasteiger partial charge in [-0.3, -0.25) is 10.1 Å². The summed E-state index contributed by atoms with van der Waals surface area (Å²) in [6, 6.07) is 0. The van der Waals surface area contributed by atoms with Crippen molar-refractivity contribution in [2.24, 2.45) is 5.11 Å². The minimum Gasteiger partial charge on any atom is -0.342 e. The summed E-state index contributed by atoms with van der Waals surface area (Å²) in [7, 11) is 0. The van der Waals surface area contributed by atoms with E-state index in [1.807, 2.05) is 0 Å². The van der Waals surface area contributed by atoms with Crippen LogP contribution in [0.15, 0.2) is 5.11 Å². The fraction of sp³-hybridized carbons (Fsp3) is 1.00. The first-order valence-corrected chi connectivity index (χ1v) is 5.61. The zero-order chi connectivity index (χ0) is 12.4. The average Bonchev–Trinajstić information content (AvgIpc) is 2.34. The van der Waals surface area contributed by atoms with Gasteiger partial charge >= 0.3 is 5.66 Å². The molecule has 0 bridgehead atoms. The molecule has 1 heterocycles. The standard InChI is InChI=1S/C9H14N4O4/c10-12-11-8(13(14)15)6-16-9(17-7-8)4-2-1-3-5-9/h1-7H2. The molecule has 0 aromatic heterocycles. The molecule has 2 fully saturated rings. The maximum absolute atomic E-state index is 10.9. The van der Waals surface area contributed by atoms with Gasteiger partial charge in [0.25, 0.3) is 0 Å². The number of hydrogen-bond acceptors (Lipinski definition) is 5. The quantitative estimate of drug-likeness (QED) is 0.242. The molecule has 1 saturated carbocycles. The lowest BCUT2D eigenvalue weighted by molar-refractivity contribution is -0.595. The third-order valence-corrected chi connectivity index (χ3v) is 3.32. The lowest BCUT2D eigenvalue weighted by Gasteiger charge is -2.42. The molecular weight excluding hydrogens is 228 g/mol. The lowest BCUT2D eigenvalue weighted by atomic mass is 9.93. The highest BCUT2D eigenvalue weighted by Gasteiger charge is 2.52. The van der Waals surface area contributed by atoms with E-state index in [1.54, 1.807) is 0 Å². The molecule has 17 heavy (non-hydrogen) atoms. The minimum absolute atomic E-state index is 0.218. The summed E-state index contributed by atoms with van der Waals surface area (Å²) >= 11 is 0. The number of nitrogens with zero attached hydrogens (tertiary/aromatic N) is 4. The van der Waals surface area contributed by atoms with Crippen molar-refractivity contribution >= 4 is 0 Å². The Morgan fingerprint density at radius 3 is 2.29 bits per heavy atom. The third kappa shape index (κ3) is 2.19. The Morgan fingerprint density at radius 1 is 1.24 bits per heavy atom. The fourth-order valence-corrected chi connectivity index (χ4v) is 2.24. The zero-order valence-corrected chi connectivity index (χ0v) is 9.37. The monoisotopic (exact) mass is 242 g/mol. The summed E-state index contributed by atoms with van der Waals surface area (Å²) in [5.74, 6) is -0.692. The first-order valence-electron chi connectivity index (χ1n) is 5.61. The predicted octanol–water partition coefficient (Wildman–Crippen LogP) is 1.98. The lowest BCUT2D eigenvalue weighted by Crippen LogP contribution is -2.56. The van der Waals surface area contributed by atoms with Crippen LogP contribution in [0.5, 0.6) is 0 Å². The Bertz CT molecular complexity index is 346. The van der Waals surface area contributed by atoms with Crippen LogP contribution in [0.4, 0.5) is 0 Å². The second-order valence-electron chi connectivity index (χ2n) is 4.48. The Labute approximate surface area is 97.7 Å². The van der Waals surface area contributed by atoms with Crippen LogP contribution in [0, 0.1) is 10.1 Å². The Hall–Kier alpha value is -1.37. The highest BCUT2D eigenvalue weighted by Crippen LogP contribution is 2.38. The molecule has 2 aliphatic rings. The molecule has 0 radical (unpaired) electrons. The number of azide groups is 1. The van der Waals surface area contributed by atoms with Crippen LogP contribution in [0.2, 0.25) is 0 Å². The maximum atomic E-state index is 10.9. The summed E-state index contributed by atoms with van der Waals surface area (Å²) in [5.41, 5.74) is 6.57. The van der Waals surface area contributed by atoms with Crippen molar-refractivity contribution in [2.75, 3.05) is 13.2 Å². The maximum Gasteiger partial charge on any atom is 0.346 e. The first-order chi connectivity index (χ1) is 8.13. The van der Waals surface area contributed by atoms with Crippen molar-refractivity contribution in [3.63, 3.8) is 0 Å². The van der Waals surface area contributed by atoms with Crippen LogP contribution in [0.1, 0.15) is 32.1 Å². The average molecular weight is 242 g/mol. The molecule has 0 atom stereocenters. The molecule has 8 heteroatoms. The molecular formula is C9H14N4O4. The molecule has 0 N–H and O–H groups in total. The Balaban J connectivity index is 2.09. The predicted molar refractivity (Wildman–Crippen MR) is 56.6 cm³/mol. The van der Waals surface area contributed by atoms with E-state index in [0.717, 1.165) is 32.1 Å². The molecule has 0 unspecified atom stereocenters. The van der Waals surface area contributed by atoms with Gasteiger partial charge in [-0.1, -0.05) is 6.42 Å². The van der Waals surface area contributed by atoms with Crippen molar-refractivity contribution in [3.8, 4) is 0 Å². The van der Waals surface area contributed by atoms with Crippen molar-refractivity contribution in [1.82, 2.24) is 0 Å². The third-order valence-electron chi connectivity index (χ3n) is 3.32.